The van der Waals surface area contributed by atoms with Gasteiger partial charge in [0, 0.05) is 25.1 Å². The lowest BCUT2D eigenvalue weighted by Gasteiger charge is -2.16. The molecule has 5 nitrogen and oxygen atoms in total. The molecule has 0 saturated carbocycles. The third kappa shape index (κ3) is 2.71. The van der Waals surface area contributed by atoms with Crippen LogP contribution in [0.5, 0.6) is 0 Å². The number of fused-ring (bicyclic) bond motifs is 1. The normalized spacial score (nSPS) is 18.3. The summed E-state index contributed by atoms with van der Waals surface area (Å²) in [5.41, 5.74) is 0.839. The largest absolute Gasteiger partial charge is 0.355 e. The molecule has 0 saturated heterocycles. The summed E-state index contributed by atoms with van der Waals surface area (Å²) in [4.78, 5) is 12.0. The van der Waals surface area contributed by atoms with Crippen LogP contribution in [0.2, 0.25) is 0 Å². The number of aromatic nitrogens is 3. The summed E-state index contributed by atoms with van der Waals surface area (Å²) in [6, 6.07) is 5.81. The number of carbonyl (C=O) groups is 1. The van der Waals surface area contributed by atoms with E-state index in [1.54, 1.807) is 0 Å². The van der Waals surface area contributed by atoms with E-state index in [0.717, 1.165) is 30.7 Å². The second kappa shape index (κ2) is 5.86. The highest BCUT2D eigenvalue weighted by Crippen LogP contribution is 2.17. The Balaban J connectivity index is 1.54. The van der Waals surface area contributed by atoms with Gasteiger partial charge in [-0.2, -0.15) is 0 Å². The Labute approximate surface area is 117 Å². The van der Waals surface area contributed by atoms with Crippen LogP contribution in [0.3, 0.4) is 0 Å². The zero-order valence-electron chi connectivity index (χ0n) is 11.3. The summed E-state index contributed by atoms with van der Waals surface area (Å²) in [5, 5.41) is 11.3. The highest BCUT2D eigenvalue weighted by Gasteiger charge is 2.18. The van der Waals surface area contributed by atoms with Crippen molar-refractivity contribution in [3.05, 3.63) is 42.4 Å². The Morgan fingerprint density at radius 1 is 1.35 bits per heavy atom. The van der Waals surface area contributed by atoms with E-state index in [4.69, 9.17) is 0 Å². The maximum Gasteiger partial charge on any atom is 0.223 e. The van der Waals surface area contributed by atoms with Crippen LogP contribution in [-0.2, 0) is 11.2 Å². The minimum absolute atomic E-state index is 0.134. The standard InChI is InChI=1S/C15H18N4O/c20-15(12-6-2-1-3-7-12)16-10-9-14-18-17-13-8-4-5-11-19(13)14/h1-2,4-5,8,11-12H,3,6-7,9-10H2,(H,16,20)/t12-/m1/s1. The zero-order valence-corrected chi connectivity index (χ0v) is 11.3. The second-order valence-corrected chi connectivity index (χ2v) is 5.07. The number of hydrogen-bond donors (Lipinski definition) is 1. The van der Waals surface area contributed by atoms with Gasteiger partial charge in [0.1, 0.15) is 5.82 Å². The Morgan fingerprint density at radius 2 is 2.30 bits per heavy atom. The van der Waals surface area contributed by atoms with E-state index in [-0.39, 0.29) is 11.8 Å². The molecule has 0 aliphatic heterocycles. The summed E-state index contributed by atoms with van der Waals surface area (Å²) < 4.78 is 1.95. The number of amides is 1. The molecular formula is C15H18N4O. The van der Waals surface area contributed by atoms with Crippen LogP contribution < -0.4 is 5.32 Å². The fourth-order valence-electron chi connectivity index (χ4n) is 2.53. The minimum Gasteiger partial charge on any atom is -0.355 e. The molecule has 1 atom stereocenters. The van der Waals surface area contributed by atoms with Gasteiger partial charge in [-0.15, -0.1) is 10.2 Å². The summed E-state index contributed by atoms with van der Waals surface area (Å²) in [6.07, 6.45) is 9.70. The predicted molar refractivity (Wildman–Crippen MR) is 76.2 cm³/mol. The Bertz CT molecular complexity index is 632. The van der Waals surface area contributed by atoms with Crippen molar-refractivity contribution < 1.29 is 4.79 Å². The molecule has 1 N–H and O–H groups in total. The molecule has 3 rings (SSSR count). The van der Waals surface area contributed by atoms with Crippen LogP contribution in [0.15, 0.2) is 36.5 Å². The molecular weight excluding hydrogens is 252 g/mol. The maximum atomic E-state index is 12.0. The first kappa shape index (κ1) is 12.8. The quantitative estimate of drug-likeness (QED) is 0.861. The van der Waals surface area contributed by atoms with Crippen molar-refractivity contribution >= 4 is 11.6 Å². The third-order valence-electron chi connectivity index (χ3n) is 3.67. The van der Waals surface area contributed by atoms with Gasteiger partial charge in [-0.05, 0) is 31.4 Å². The van der Waals surface area contributed by atoms with Crippen molar-refractivity contribution in [2.45, 2.75) is 25.7 Å². The number of nitrogens with one attached hydrogen (secondary N) is 1. The van der Waals surface area contributed by atoms with Gasteiger partial charge in [0.05, 0.1) is 0 Å². The summed E-state index contributed by atoms with van der Waals surface area (Å²) in [7, 11) is 0. The average molecular weight is 270 g/mol. The molecule has 0 radical (unpaired) electrons. The van der Waals surface area contributed by atoms with Crippen LogP contribution >= 0.6 is 0 Å². The van der Waals surface area contributed by atoms with E-state index in [1.165, 1.54) is 0 Å². The first-order chi connectivity index (χ1) is 9.84. The lowest BCUT2D eigenvalue weighted by molar-refractivity contribution is -0.125. The highest BCUT2D eigenvalue weighted by atomic mass is 16.1. The zero-order chi connectivity index (χ0) is 13.8. The van der Waals surface area contributed by atoms with Gasteiger partial charge < -0.3 is 5.32 Å². The van der Waals surface area contributed by atoms with Crippen LogP contribution in [-0.4, -0.2) is 27.0 Å². The predicted octanol–water partition coefficient (Wildman–Crippen LogP) is 1.74. The fraction of sp³-hybridized carbons (Fsp3) is 0.400. The number of allylic oxidation sites excluding steroid dienone is 2. The monoisotopic (exact) mass is 270 g/mol. The molecule has 1 aliphatic rings. The maximum absolute atomic E-state index is 12.0. The molecule has 2 heterocycles. The Kier molecular flexibility index (Phi) is 3.76. The van der Waals surface area contributed by atoms with Crippen LogP contribution in [0.25, 0.3) is 5.65 Å². The van der Waals surface area contributed by atoms with Crippen molar-refractivity contribution in [3.8, 4) is 0 Å². The fourth-order valence-corrected chi connectivity index (χ4v) is 2.53. The molecule has 0 spiro atoms. The second-order valence-electron chi connectivity index (χ2n) is 5.07. The Hall–Kier alpha value is -2.17. The van der Waals surface area contributed by atoms with Crippen LogP contribution in [0.1, 0.15) is 25.1 Å². The van der Waals surface area contributed by atoms with Crippen molar-refractivity contribution in [1.82, 2.24) is 19.9 Å². The van der Waals surface area contributed by atoms with Gasteiger partial charge in [-0.25, -0.2) is 0 Å². The molecule has 2 aromatic heterocycles. The van der Waals surface area contributed by atoms with E-state index >= 15 is 0 Å². The minimum atomic E-state index is 0.134. The first-order valence-electron chi connectivity index (χ1n) is 7.06. The van der Waals surface area contributed by atoms with Crippen LogP contribution in [0, 0.1) is 5.92 Å². The van der Waals surface area contributed by atoms with Crippen molar-refractivity contribution in [3.63, 3.8) is 0 Å². The summed E-state index contributed by atoms with van der Waals surface area (Å²) >= 11 is 0. The van der Waals surface area contributed by atoms with Gasteiger partial charge in [-0.3, -0.25) is 9.20 Å². The van der Waals surface area contributed by atoms with E-state index in [0.29, 0.717) is 13.0 Å². The van der Waals surface area contributed by atoms with Crippen molar-refractivity contribution in [1.29, 1.82) is 0 Å². The van der Waals surface area contributed by atoms with E-state index in [9.17, 15) is 4.79 Å². The molecule has 0 fully saturated rings. The van der Waals surface area contributed by atoms with Gasteiger partial charge >= 0.3 is 0 Å². The lowest BCUT2D eigenvalue weighted by Crippen LogP contribution is -2.32. The van der Waals surface area contributed by atoms with Crippen LogP contribution in [0.4, 0.5) is 0 Å². The smallest absolute Gasteiger partial charge is 0.223 e. The summed E-state index contributed by atoms with van der Waals surface area (Å²) in [6.45, 7) is 0.606. The lowest BCUT2D eigenvalue weighted by atomic mass is 9.94. The Morgan fingerprint density at radius 3 is 3.15 bits per heavy atom. The molecule has 20 heavy (non-hydrogen) atoms. The van der Waals surface area contributed by atoms with E-state index in [2.05, 4.69) is 27.7 Å². The third-order valence-corrected chi connectivity index (χ3v) is 3.67. The molecule has 2 aromatic rings. The molecule has 0 aromatic carbocycles. The molecule has 0 unspecified atom stereocenters. The molecule has 0 bridgehead atoms. The van der Waals surface area contributed by atoms with Gasteiger partial charge in [0.15, 0.2) is 5.65 Å². The van der Waals surface area contributed by atoms with Gasteiger partial charge in [0.2, 0.25) is 5.91 Å². The number of nitrogens with zero attached hydrogens (tertiary/aromatic N) is 3. The molecule has 5 heteroatoms. The number of hydrogen-bond acceptors (Lipinski definition) is 3. The molecule has 104 valence electrons. The number of pyridine rings is 1. The first-order valence-corrected chi connectivity index (χ1v) is 7.06. The van der Waals surface area contributed by atoms with Gasteiger partial charge in [0.25, 0.3) is 0 Å². The highest BCUT2D eigenvalue weighted by molar-refractivity contribution is 5.78. The van der Waals surface area contributed by atoms with Crippen molar-refractivity contribution in [2.24, 2.45) is 5.92 Å². The van der Waals surface area contributed by atoms with E-state index < -0.39 is 0 Å². The average Bonchev–Trinajstić information content (AvgIpc) is 2.92. The SMILES string of the molecule is O=C(NCCc1nnc2ccccn12)[C@@H]1CC=CCC1. The van der Waals surface area contributed by atoms with Crippen molar-refractivity contribution in [2.75, 3.05) is 6.54 Å². The number of rotatable bonds is 4. The molecule has 1 amide bonds. The van der Waals surface area contributed by atoms with Gasteiger partial charge in [-0.1, -0.05) is 18.2 Å². The molecule has 1 aliphatic carbocycles. The van der Waals surface area contributed by atoms with E-state index in [1.807, 2.05) is 28.8 Å². The topological polar surface area (TPSA) is 59.3 Å². The number of carbonyl (C=O) groups excluding carboxylic acids is 1. The summed E-state index contributed by atoms with van der Waals surface area (Å²) in [5.74, 6) is 1.17.